The Bertz CT molecular complexity index is 1110. The van der Waals surface area contributed by atoms with E-state index in [9.17, 15) is 9.59 Å². The molecule has 0 aliphatic carbocycles. The van der Waals surface area contributed by atoms with Crippen LogP contribution in [-0.2, 0) is 25.5 Å². The lowest BCUT2D eigenvalue weighted by atomic mass is 9.87. The summed E-state index contributed by atoms with van der Waals surface area (Å²) in [6.45, 7) is 8.13. The third-order valence-electron chi connectivity index (χ3n) is 6.07. The van der Waals surface area contributed by atoms with Crippen molar-refractivity contribution in [2.24, 2.45) is 4.99 Å². The van der Waals surface area contributed by atoms with Gasteiger partial charge in [0.15, 0.2) is 5.54 Å². The van der Waals surface area contributed by atoms with Crippen molar-refractivity contribution in [3.63, 3.8) is 0 Å². The Hall–Kier alpha value is -2.91. The molecule has 2 N–H and O–H groups in total. The van der Waals surface area contributed by atoms with Gasteiger partial charge in [-0.15, -0.1) is 0 Å². The lowest BCUT2D eigenvalue weighted by Crippen LogP contribution is -2.51. The van der Waals surface area contributed by atoms with Crippen molar-refractivity contribution >= 4 is 33.7 Å². The Labute approximate surface area is 232 Å². The number of nitrogens with one attached hydrogen (secondary N) is 1. The third-order valence-corrected chi connectivity index (χ3v) is 6.60. The van der Waals surface area contributed by atoms with E-state index >= 15 is 0 Å². The molecule has 1 aliphatic rings. The summed E-state index contributed by atoms with van der Waals surface area (Å²) in [5.41, 5.74) is -0.0993. The third kappa shape index (κ3) is 8.30. The molecule has 1 heterocycles. The van der Waals surface area contributed by atoms with Gasteiger partial charge in [-0.05, 0) is 82.5 Å². The molecule has 3 rings (SSSR count). The zero-order valence-corrected chi connectivity index (χ0v) is 24.0. The lowest BCUT2D eigenvalue weighted by Gasteiger charge is -2.28. The maximum atomic E-state index is 13.6. The number of carbonyl (C=O) groups excluding carboxylic acids is 2. The molecule has 2 aromatic carbocycles. The lowest BCUT2D eigenvalue weighted by molar-refractivity contribution is -0.155. The second-order valence-corrected chi connectivity index (χ2v) is 11.2. The molecule has 0 bridgehead atoms. The molecule has 0 saturated heterocycles. The predicted octanol–water partition coefficient (Wildman–Crippen LogP) is 4.60. The first-order chi connectivity index (χ1) is 18.0. The van der Waals surface area contributed by atoms with Gasteiger partial charge in [-0.25, -0.2) is 4.99 Å². The van der Waals surface area contributed by atoms with Gasteiger partial charge in [-0.3, -0.25) is 9.59 Å². The van der Waals surface area contributed by atoms with E-state index in [1.807, 2.05) is 57.2 Å². The number of halogens is 1. The van der Waals surface area contributed by atoms with Crippen LogP contribution in [0.2, 0.25) is 0 Å². The number of aliphatic hydroxyl groups is 1. The second kappa shape index (κ2) is 13.2. The largest absolute Gasteiger partial charge is 0.494 e. The molecule has 9 heteroatoms. The van der Waals surface area contributed by atoms with Gasteiger partial charge < -0.3 is 24.6 Å². The highest BCUT2D eigenvalue weighted by Gasteiger charge is 2.50. The highest BCUT2D eigenvalue weighted by atomic mass is 79.9. The molecule has 206 valence electrons. The highest BCUT2D eigenvalue weighted by Crippen LogP contribution is 2.34. The fourth-order valence-electron chi connectivity index (χ4n) is 4.06. The number of carbonyl (C=O) groups is 2. The maximum absolute atomic E-state index is 13.6. The zero-order valence-electron chi connectivity index (χ0n) is 22.5. The van der Waals surface area contributed by atoms with Crippen LogP contribution in [0.4, 0.5) is 0 Å². The normalized spacial score (nSPS) is 18.9. The molecule has 0 fully saturated rings. The highest BCUT2D eigenvalue weighted by molar-refractivity contribution is 9.10. The number of nitrogens with zero attached hydrogens (tertiary/aromatic N) is 1. The molecule has 0 saturated carbocycles. The first-order valence-corrected chi connectivity index (χ1v) is 13.7. The number of amides is 1. The summed E-state index contributed by atoms with van der Waals surface area (Å²) in [7, 11) is 0. The number of hydrogen-bond acceptors (Lipinski definition) is 7. The Morgan fingerprint density at radius 1 is 1.13 bits per heavy atom. The quantitative estimate of drug-likeness (QED) is 0.277. The van der Waals surface area contributed by atoms with Crippen LogP contribution in [-0.4, -0.2) is 59.9 Å². The van der Waals surface area contributed by atoms with Crippen molar-refractivity contribution in [2.45, 2.75) is 70.6 Å². The van der Waals surface area contributed by atoms with Gasteiger partial charge in [0.25, 0.3) is 5.91 Å². The van der Waals surface area contributed by atoms with E-state index in [-0.39, 0.29) is 31.3 Å². The van der Waals surface area contributed by atoms with Crippen LogP contribution in [0.15, 0.2) is 58.0 Å². The Morgan fingerprint density at radius 3 is 2.45 bits per heavy atom. The molecular formula is C29H37BrN2O6. The smallest absolute Gasteiger partial charge is 0.306 e. The van der Waals surface area contributed by atoms with Gasteiger partial charge in [0.2, 0.25) is 5.90 Å². The predicted molar refractivity (Wildman–Crippen MR) is 149 cm³/mol. The van der Waals surface area contributed by atoms with Crippen molar-refractivity contribution in [3.05, 3.63) is 64.1 Å². The summed E-state index contributed by atoms with van der Waals surface area (Å²) in [6.07, 6.45) is 0.795. The summed E-state index contributed by atoms with van der Waals surface area (Å²) in [6, 6.07) is 15.2. The second-order valence-electron chi connectivity index (χ2n) is 10.3. The molecule has 0 radical (unpaired) electrons. The van der Waals surface area contributed by atoms with E-state index in [2.05, 4.69) is 21.2 Å². The van der Waals surface area contributed by atoms with Crippen molar-refractivity contribution in [1.29, 1.82) is 0 Å². The number of aliphatic hydroxyl groups excluding tert-OH is 1. The number of rotatable bonds is 12. The van der Waals surface area contributed by atoms with Gasteiger partial charge in [0, 0.05) is 36.0 Å². The molecule has 0 aromatic heterocycles. The summed E-state index contributed by atoms with van der Waals surface area (Å²) < 4.78 is 18.2. The molecule has 2 aromatic rings. The van der Waals surface area contributed by atoms with Gasteiger partial charge >= 0.3 is 5.97 Å². The standard InChI is InChI=1S/C29H37BrN2O6/c1-20-29(16-14-25(34)38-28(2,3)4,27(35)31-17-15-21-6-10-23(30)11-7-21)32-26(37-20)22-8-12-24(13-9-22)36-19-5-18-33/h6-13,20,33H,5,14-19H2,1-4H3,(H,31,35)/t20-,29-/m1/s1. The van der Waals surface area contributed by atoms with E-state index in [1.54, 1.807) is 19.1 Å². The zero-order chi connectivity index (χ0) is 27.8. The average Bonchev–Trinajstić information content (AvgIpc) is 3.21. The molecule has 1 aliphatic heterocycles. The van der Waals surface area contributed by atoms with Crippen LogP contribution in [0.1, 0.15) is 58.1 Å². The maximum Gasteiger partial charge on any atom is 0.306 e. The minimum absolute atomic E-state index is 0.0273. The van der Waals surface area contributed by atoms with Crippen LogP contribution in [0.3, 0.4) is 0 Å². The van der Waals surface area contributed by atoms with Crippen LogP contribution >= 0.6 is 15.9 Å². The van der Waals surface area contributed by atoms with E-state index in [0.717, 1.165) is 10.0 Å². The van der Waals surface area contributed by atoms with Gasteiger partial charge in [0.1, 0.15) is 17.5 Å². The minimum Gasteiger partial charge on any atom is -0.494 e. The molecule has 0 unspecified atom stereocenters. The minimum atomic E-state index is -1.28. The first-order valence-electron chi connectivity index (χ1n) is 12.9. The van der Waals surface area contributed by atoms with E-state index in [1.165, 1.54) is 0 Å². The summed E-state index contributed by atoms with van der Waals surface area (Å²) in [5, 5.41) is 11.9. The number of esters is 1. The topological polar surface area (TPSA) is 106 Å². The molecule has 38 heavy (non-hydrogen) atoms. The summed E-state index contributed by atoms with van der Waals surface area (Å²) in [4.78, 5) is 30.9. The van der Waals surface area contributed by atoms with Gasteiger partial charge in [-0.2, -0.15) is 0 Å². The first kappa shape index (κ1) is 29.6. The fourth-order valence-corrected chi connectivity index (χ4v) is 4.33. The molecule has 0 spiro atoms. The van der Waals surface area contributed by atoms with Crippen molar-refractivity contribution in [2.75, 3.05) is 19.8 Å². The molecule has 8 nitrogen and oxygen atoms in total. The summed E-state index contributed by atoms with van der Waals surface area (Å²) >= 11 is 3.43. The number of hydrogen-bond donors (Lipinski definition) is 2. The van der Waals surface area contributed by atoms with Crippen LogP contribution in [0.25, 0.3) is 0 Å². The Kier molecular flexibility index (Phi) is 10.3. The van der Waals surface area contributed by atoms with E-state index < -0.39 is 17.2 Å². The van der Waals surface area contributed by atoms with Crippen LogP contribution in [0, 0.1) is 0 Å². The van der Waals surface area contributed by atoms with Gasteiger partial charge in [0.05, 0.1) is 6.61 Å². The number of aliphatic imine (C=N–C) groups is 1. The van der Waals surface area contributed by atoms with E-state index in [4.69, 9.17) is 24.3 Å². The Balaban J connectivity index is 1.77. The Morgan fingerprint density at radius 2 is 1.82 bits per heavy atom. The van der Waals surface area contributed by atoms with Crippen molar-refractivity contribution in [3.8, 4) is 5.75 Å². The fraction of sp³-hybridized carbons (Fsp3) is 0.483. The number of benzene rings is 2. The summed E-state index contributed by atoms with van der Waals surface area (Å²) in [5.74, 6) is 0.326. The van der Waals surface area contributed by atoms with Crippen molar-refractivity contribution < 1.29 is 28.9 Å². The van der Waals surface area contributed by atoms with E-state index in [0.29, 0.717) is 43.2 Å². The monoisotopic (exact) mass is 588 g/mol. The van der Waals surface area contributed by atoms with Gasteiger partial charge in [-0.1, -0.05) is 28.1 Å². The average molecular weight is 590 g/mol. The van der Waals surface area contributed by atoms with Crippen molar-refractivity contribution in [1.82, 2.24) is 5.32 Å². The number of ether oxygens (including phenoxy) is 3. The van der Waals surface area contributed by atoms with Crippen LogP contribution < -0.4 is 10.1 Å². The van der Waals surface area contributed by atoms with Crippen LogP contribution in [0.5, 0.6) is 5.75 Å². The SMILES string of the molecule is C[C@H]1OC(c2ccc(OCCCO)cc2)=N[C@@]1(CCC(=O)OC(C)(C)C)C(=O)NCCc1ccc(Br)cc1. The molecule has 2 atom stereocenters. The molecular weight excluding hydrogens is 552 g/mol. The molecule has 1 amide bonds.